The van der Waals surface area contributed by atoms with E-state index in [1.54, 1.807) is 7.11 Å². The van der Waals surface area contributed by atoms with E-state index in [2.05, 4.69) is 48.1 Å². The number of aromatic nitrogens is 1. The minimum Gasteiger partial charge on any atom is -0.493 e. The van der Waals surface area contributed by atoms with Crippen LogP contribution in [0.1, 0.15) is 41.9 Å². The molecule has 2 heterocycles. The van der Waals surface area contributed by atoms with Crippen molar-refractivity contribution in [1.29, 1.82) is 0 Å². The van der Waals surface area contributed by atoms with Crippen LogP contribution in [0.4, 0.5) is 0 Å². The van der Waals surface area contributed by atoms with Gasteiger partial charge in [-0.1, -0.05) is 54.6 Å². The van der Waals surface area contributed by atoms with E-state index in [-0.39, 0.29) is 11.8 Å². The van der Waals surface area contributed by atoms with Crippen molar-refractivity contribution < 1.29 is 14.3 Å². The van der Waals surface area contributed by atoms with Crippen molar-refractivity contribution in [2.24, 2.45) is 7.05 Å². The second kappa shape index (κ2) is 10.3. The van der Waals surface area contributed by atoms with Crippen LogP contribution in [-0.4, -0.2) is 35.6 Å². The number of para-hydroxylation sites is 1. The van der Waals surface area contributed by atoms with E-state index in [0.29, 0.717) is 24.5 Å². The maximum absolute atomic E-state index is 13.3. The summed E-state index contributed by atoms with van der Waals surface area (Å²) in [6.07, 6.45) is 4.78. The summed E-state index contributed by atoms with van der Waals surface area (Å²) in [5, 5.41) is 1.18. The predicted molar refractivity (Wildman–Crippen MR) is 139 cm³/mol. The molecule has 1 aliphatic rings. The second-order valence-electron chi connectivity index (χ2n) is 9.24. The number of hydrogen-bond acceptors (Lipinski definition) is 3. The van der Waals surface area contributed by atoms with E-state index in [1.807, 2.05) is 47.4 Å². The molecule has 35 heavy (non-hydrogen) atoms. The number of amides is 1. The van der Waals surface area contributed by atoms with Gasteiger partial charge in [-0.15, -0.1) is 0 Å². The van der Waals surface area contributed by atoms with Gasteiger partial charge in [0.05, 0.1) is 7.11 Å². The molecule has 4 aromatic rings. The summed E-state index contributed by atoms with van der Waals surface area (Å²) in [5.74, 6) is 1.51. The zero-order valence-electron chi connectivity index (χ0n) is 20.4. The molecule has 0 bridgehead atoms. The smallest absolute Gasteiger partial charge is 0.223 e. The molecular formula is C30H32N2O3. The van der Waals surface area contributed by atoms with Gasteiger partial charge in [-0.3, -0.25) is 4.79 Å². The predicted octanol–water partition coefficient (Wildman–Crippen LogP) is 5.91. The highest BCUT2D eigenvalue weighted by molar-refractivity contribution is 5.86. The molecule has 3 aromatic carbocycles. The molecule has 0 radical (unpaired) electrons. The lowest BCUT2D eigenvalue weighted by Gasteiger charge is -2.22. The molecule has 5 rings (SSSR count). The first kappa shape index (κ1) is 23.0. The van der Waals surface area contributed by atoms with Gasteiger partial charge in [-0.05, 0) is 47.7 Å². The Balaban J connectivity index is 1.49. The molecule has 1 amide bonds. The van der Waals surface area contributed by atoms with E-state index in [9.17, 15) is 4.79 Å². The van der Waals surface area contributed by atoms with Crippen LogP contribution in [0.25, 0.3) is 10.9 Å². The summed E-state index contributed by atoms with van der Waals surface area (Å²) in [6, 6.07) is 24.6. The normalized spacial score (nSPS) is 14.3. The molecule has 1 aromatic heterocycles. The van der Waals surface area contributed by atoms with Gasteiger partial charge >= 0.3 is 0 Å². The first-order valence-corrected chi connectivity index (χ1v) is 12.3. The molecule has 5 nitrogen and oxygen atoms in total. The molecule has 1 atom stereocenters. The third-order valence-corrected chi connectivity index (χ3v) is 6.97. The van der Waals surface area contributed by atoms with Crippen molar-refractivity contribution in [3.05, 3.63) is 95.7 Å². The number of methoxy groups -OCH3 is 1. The van der Waals surface area contributed by atoms with Crippen molar-refractivity contribution in [1.82, 2.24) is 9.47 Å². The van der Waals surface area contributed by atoms with E-state index >= 15 is 0 Å². The lowest BCUT2D eigenvalue weighted by atomic mass is 9.87. The summed E-state index contributed by atoms with van der Waals surface area (Å²) in [5.41, 5.74) is 4.48. The Labute approximate surface area is 206 Å². The van der Waals surface area contributed by atoms with Crippen LogP contribution < -0.4 is 9.47 Å². The molecule has 0 N–H and O–H groups in total. The number of aryl methyl sites for hydroxylation is 1. The summed E-state index contributed by atoms with van der Waals surface area (Å²) in [4.78, 5) is 15.3. The minimum absolute atomic E-state index is 0.0775. The summed E-state index contributed by atoms with van der Waals surface area (Å²) in [7, 11) is 3.73. The van der Waals surface area contributed by atoms with Crippen molar-refractivity contribution in [3.8, 4) is 11.5 Å². The number of nitrogens with zero attached hydrogens (tertiary/aromatic N) is 2. The molecule has 5 heteroatoms. The summed E-state index contributed by atoms with van der Waals surface area (Å²) in [6.45, 7) is 2.18. The Bertz CT molecular complexity index is 1310. The van der Waals surface area contributed by atoms with Crippen molar-refractivity contribution in [3.63, 3.8) is 0 Å². The quantitative estimate of drug-likeness (QED) is 0.323. The number of hydrogen-bond donors (Lipinski definition) is 0. The maximum atomic E-state index is 13.3. The Morgan fingerprint density at radius 1 is 0.943 bits per heavy atom. The molecular weight excluding hydrogens is 436 g/mol. The number of benzene rings is 3. The van der Waals surface area contributed by atoms with Crippen LogP contribution >= 0.6 is 0 Å². The monoisotopic (exact) mass is 468 g/mol. The fourth-order valence-corrected chi connectivity index (χ4v) is 5.08. The molecule has 1 fully saturated rings. The van der Waals surface area contributed by atoms with Crippen molar-refractivity contribution in [2.75, 3.05) is 20.2 Å². The summed E-state index contributed by atoms with van der Waals surface area (Å²) < 4.78 is 14.0. The Kier molecular flexibility index (Phi) is 6.75. The Hall–Kier alpha value is -3.73. The Morgan fingerprint density at radius 2 is 1.69 bits per heavy atom. The first-order chi connectivity index (χ1) is 17.1. The van der Waals surface area contributed by atoms with Gasteiger partial charge in [0.1, 0.15) is 6.61 Å². The minimum atomic E-state index is -0.0775. The standard InChI is InChI=1S/C30H32N2O3/c1-31-20-26(24-12-6-7-13-27(24)31)25(19-30(33)32-16-8-9-17-32)23-14-15-28(29(18-23)34-2)35-21-22-10-4-3-5-11-22/h3-7,10-15,18,20,25H,8-9,16-17,19,21H2,1-2H3/t25-/m0/s1. The van der Waals surface area contributed by atoms with Gasteiger partial charge < -0.3 is 18.9 Å². The average molecular weight is 469 g/mol. The largest absolute Gasteiger partial charge is 0.493 e. The number of ether oxygens (including phenoxy) is 2. The number of fused-ring (bicyclic) bond motifs is 1. The molecule has 0 spiro atoms. The van der Waals surface area contributed by atoms with Crippen LogP contribution in [0.2, 0.25) is 0 Å². The maximum Gasteiger partial charge on any atom is 0.223 e. The fraction of sp³-hybridized carbons (Fsp3) is 0.300. The van der Waals surface area contributed by atoms with Gasteiger partial charge in [0.2, 0.25) is 5.91 Å². The first-order valence-electron chi connectivity index (χ1n) is 12.3. The van der Waals surface area contributed by atoms with Crippen LogP contribution in [0, 0.1) is 0 Å². The zero-order chi connectivity index (χ0) is 24.2. The van der Waals surface area contributed by atoms with Crippen LogP contribution in [0.3, 0.4) is 0 Å². The third-order valence-electron chi connectivity index (χ3n) is 6.97. The van der Waals surface area contributed by atoms with Crippen LogP contribution in [0.15, 0.2) is 79.0 Å². The van der Waals surface area contributed by atoms with Crippen LogP contribution in [0.5, 0.6) is 11.5 Å². The van der Waals surface area contributed by atoms with Gasteiger partial charge in [-0.2, -0.15) is 0 Å². The van der Waals surface area contributed by atoms with E-state index in [1.165, 1.54) is 5.39 Å². The molecule has 0 saturated carbocycles. The third kappa shape index (κ3) is 4.90. The van der Waals surface area contributed by atoms with E-state index in [4.69, 9.17) is 9.47 Å². The zero-order valence-corrected chi connectivity index (χ0v) is 20.4. The topological polar surface area (TPSA) is 43.7 Å². The van der Waals surface area contributed by atoms with Gasteiger partial charge in [0.25, 0.3) is 0 Å². The molecule has 1 saturated heterocycles. The molecule has 0 unspecified atom stereocenters. The number of likely N-dealkylation sites (tertiary alicyclic amines) is 1. The number of carbonyl (C=O) groups is 1. The van der Waals surface area contributed by atoms with Gasteiger partial charge in [-0.25, -0.2) is 0 Å². The second-order valence-corrected chi connectivity index (χ2v) is 9.24. The summed E-state index contributed by atoms with van der Waals surface area (Å²) >= 11 is 0. The SMILES string of the molecule is COc1cc([C@H](CC(=O)N2CCCC2)c2cn(C)c3ccccc23)ccc1OCc1ccccc1. The number of rotatable bonds is 8. The van der Waals surface area contributed by atoms with Gasteiger partial charge in [0, 0.05) is 49.6 Å². The van der Waals surface area contributed by atoms with Crippen molar-refractivity contribution in [2.45, 2.75) is 31.8 Å². The molecule has 180 valence electrons. The van der Waals surface area contributed by atoms with E-state index in [0.717, 1.165) is 48.1 Å². The lowest BCUT2D eigenvalue weighted by molar-refractivity contribution is -0.130. The highest BCUT2D eigenvalue weighted by atomic mass is 16.5. The number of carbonyl (C=O) groups excluding carboxylic acids is 1. The van der Waals surface area contributed by atoms with Crippen molar-refractivity contribution >= 4 is 16.8 Å². The van der Waals surface area contributed by atoms with Crippen LogP contribution in [-0.2, 0) is 18.4 Å². The van der Waals surface area contributed by atoms with E-state index < -0.39 is 0 Å². The molecule has 0 aliphatic carbocycles. The highest BCUT2D eigenvalue weighted by Crippen LogP contribution is 2.39. The average Bonchev–Trinajstić information content (AvgIpc) is 3.55. The Morgan fingerprint density at radius 3 is 2.46 bits per heavy atom. The van der Waals surface area contributed by atoms with Gasteiger partial charge in [0.15, 0.2) is 11.5 Å². The lowest BCUT2D eigenvalue weighted by Crippen LogP contribution is -2.29. The highest BCUT2D eigenvalue weighted by Gasteiger charge is 2.27. The molecule has 1 aliphatic heterocycles. The fourth-order valence-electron chi connectivity index (χ4n) is 5.08.